The molecule has 1 amide bonds. The second-order valence-electron chi connectivity index (χ2n) is 5.48. The Bertz CT molecular complexity index is 825. The van der Waals surface area contributed by atoms with Gasteiger partial charge in [-0.15, -0.1) is 0 Å². The Kier molecular flexibility index (Phi) is 7.94. The van der Waals surface area contributed by atoms with E-state index in [2.05, 4.69) is 5.32 Å². The first-order valence-electron chi connectivity index (χ1n) is 8.07. The van der Waals surface area contributed by atoms with Gasteiger partial charge in [0.05, 0.1) is 0 Å². The van der Waals surface area contributed by atoms with Gasteiger partial charge in [0, 0.05) is 16.1 Å². The lowest BCUT2D eigenvalue weighted by atomic mass is 10.1. The number of ether oxygens (including phenoxy) is 2. The number of anilines is 1. The zero-order chi connectivity index (χ0) is 20.5. The third-order valence-electron chi connectivity index (χ3n) is 3.35. The minimum absolute atomic E-state index is 0.0839. The summed E-state index contributed by atoms with van der Waals surface area (Å²) in [5.41, 5.74) is 0.911. The molecule has 0 aliphatic rings. The lowest BCUT2D eigenvalue weighted by Gasteiger charge is -2.08. The Hall–Kier alpha value is -2.94. The summed E-state index contributed by atoms with van der Waals surface area (Å²) in [6.45, 7) is 0.528. The minimum atomic E-state index is -2.52. The molecule has 0 aliphatic carbocycles. The molecule has 0 saturated carbocycles. The average molecular weight is 409 g/mol. The van der Waals surface area contributed by atoms with Crippen molar-refractivity contribution in [1.82, 2.24) is 0 Å². The molecule has 0 aliphatic heterocycles. The molecule has 9 heteroatoms. The van der Waals surface area contributed by atoms with Gasteiger partial charge >= 0.3 is 5.97 Å². The number of alkyl halides is 2. The first kappa shape index (κ1) is 21.4. The highest BCUT2D eigenvalue weighted by Gasteiger charge is 2.10. The number of Topliss-reactive ketones (excluding diaryl/α,β-unsaturated/α-hetero) is 1. The number of amides is 1. The molecule has 6 nitrogen and oxygen atoms in total. The number of thioether (sulfide) groups is 1. The van der Waals surface area contributed by atoms with Crippen molar-refractivity contribution in [2.45, 2.75) is 17.6 Å². The topological polar surface area (TPSA) is 81.7 Å². The second-order valence-corrected chi connectivity index (χ2v) is 6.54. The molecule has 148 valence electrons. The van der Waals surface area contributed by atoms with Gasteiger partial charge in [-0.3, -0.25) is 9.59 Å². The highest BCUT2D eigenvalue weighted by molar-refractivity contribution is 7.99. The number of carbonyl (C=O) groups is 3. The largest absolute Gasteiger partial charge is 0.482 e. The maximum Gasteiger partial charge on any atom is 0.344 e. The van der Waals surface area contributed by atoms with Gasteiger partial charge in [0.2, 0.25) is 0 Å². The molecule has 2 aromatic rings. The zero-order valence-corrected chi connectivity index (χ0v) is 15.6. The van der Waals surface area contributed by atoms with Gasteiger partial charge in [-0.2, -0.15) is 8.78 Å². The van der Waals surface area contributed by atoms with Gasteiger partial charge in [0.15, 0.2) is 19.0 Å². The Morgan fingerprint density at radius 1 is 1.00 bits per heavy atom. The van der Waals surface area contributed by atoms with Crippen LogP contribution in [-0.2, 0) is 14.3 Å². The monoisotopic (exact) mass is 409 g/mol. The van der Waals surface area contributed by atoms with E-state index in [1.165, 1.54) is 31.2 Å². The van der Waals surface area contributed by atoms with Crippen molar-refractivity contribution in [3.05, 3.63) is 54.1 Å². The van der Waals surface area contributed by atoms with Crippen LogP contribution >= 0.6 is 11.8 Å². The fraction of sp³-hybridized carbons (Fsp3) is 0.211. The van der Waals surface area contributed by atoms with Gasteiger partial charge in [-0.25, -0.2) is 4.79 Å². The van der Waals surface area contributed by atoms with Crippen LogP contribution in [-0.4, -0.2) is 36.6 Å². The fourth-order valence-electron chi connectivity index (χ4n) is 2.03. The molecule has 0 fully saturated rings. The van der Waals surface area contributed by atoms with Crippen LogP contribution in [0.1, 0.15) is 17.3 Å². The van der Waals surface area contributed by atoms with Gasteiger partial charge in [0.1, 0.15) is 5.75 Å². The summed E-state index contributed by atoms with van der Waals surface area (Å²) in [5.74, 6) is -3.54. The minimum Gasteiger partial charge on any atom is -0.482 e. The summed E-state index contributed by atoms with van der Waals surface area (Å²) in [4.78, 5) is 35.0. The van der Waals surface area contributed by atoms with Crippen LogP contribution in [0.3, 0.4) is 0 Å². The molecular weight excluding hydrogens is 392 g/mol. The number of hydrogen-bond donors (Lipinski definition) is 1. The summed E-state index contributed by atoms with van der Waals surface area (Å²) in [7, 11) is 0. The van der Waals surface area contributed by atoms with Crippen molar-refractivity contribution >= 4 is 35.1 Å². The van der Waals surface area contributed by atoms with E-state index in [0.29, 0.717) is 33.7 Å². The Morgan fingerprint density at radius 2 is 1.64 bits per heavy atom. The molecule has 0 aromatic heterocycles. The maximum atomic E-state index is 12.2. The zero-order valence-electron chi connectivity index (χ0n) is 14.8. The molecule has 0 bridgehead atoms. The van der Waals surface area contributed by atoms with Gasteiger partial charge in [0.25, 0.3) is 11.7 Å². The summed E-state index contributed by atoms with van der Waals surface area (Å²) >= 11 is 0.400. The van der Waals surface area contributed by atoms with Crippen molar-refractivity contribution in [1.29, 1.82) is 0 Å². The third kappa shape index (κ3) is 7.36. The molecule has 2 rings (SSSR count). The number of halogens is 2. The quantitative estimate of drug-likeness (QED) is 0.386. The predicted octanol–water partition coefficient (Wildman–Crippen LogP) is 3.76. The third-order valence-corrected chi connectivity index (χ3v) is 4.07. The first-order valence-corrected chi connectivity index (χ1v) is 8.95. The average Bonchev–Trinajstić information content (AvgIpc) is 2.66. The summed E-state index contributed by atoms with van der Waals surface area (Å²) in [6, 6.07) is 12.1. The maximum absolute atomic E-state index is 12.2. The van der Waals surface area contributed by atoms with Crippen LogP contribution in [0.15, 0.2) is 53.4 Å². The Balaban J connectivity index is 1.71. The first-order chi connectivity index (χ1) is 13.3. The highest BCUT2D eigenvalue weighted by Crippen LogP contribution is 2.26. The lowest BCUT2D eigenvalue weighted by Crippen LogP contribution is -2.23. The van der Waals surface area contributed by atoms with E-state index in [1.54, 1.807) is 24.3 Å². The summed E-state index contributed by atoms with van der Waals surface area (Å²) in [6.07, 6.45) is 0. The fourth-order valence-corrected chi connectivity index (χ4v) is 2.53. The summed E-state index contributed by atoms with van der Waals surface area (Å²) < 4.78 is 34.5. The number of hydrogen-bond acceptors (Lipinski definition) is 6. The van der Waals surface area contributed by atoms with Crippen molar-refractivity contribution in [2.24, 2.45) is 0 Å². The molecule has 2 aromatic carbocycles. The normalized spacial score (nSPS) is 10.4. The number of rotatable bonds is 9. The summed E-state index contributed by atoms with van der Waals surface area (Å²) in [5, 5.41) is 2.48. The smallest absolute Gasteiger partial charge is 0.344 e. The molecule has 0 atom stereocenters. The van der Waals surface area contributed by atoms with Crippen LogP contribution in [0.25, 0.3) is 0 Å². The van der Waals surface area contributed by atoms with Crippen LogP contribution in [0.2, 0.25) is 0 Å². The Labute approximate surface area is 164 Å². The molecule has 0 spiro atoms. The van der Waals surface area contributed by atoms with E-state index < -0.39 is 30.8 Å². The van der Waals surface area contributed by atoms with Gasteiger partial charge in [-0.05, 0) is 55.5 Å². The van der Waals surface area contributed by atoms with E-state index in [4.69, 9.17) is 9.47 Å². The highest BCUT2D eigenvalue weighted by atomic mass is 32.2. The predicted molar refractivity (Wildman–Crippen MR) is 99.8 cm³/mol. The van der Waals surface area contributed by atoms with E-state index in [-0.39, 0.29) is 5.78 Å². The van der Waals surface area contributed by atoms with Gasteiger partial charge in [-0.1, -0.05) is 11.8 Å². The number of benzene rings is 2. The molecular formula is C19H17F2NO5S. The SMILES string of the molecule is CC(=O)c1ccc(OCC(=O)OCC(=O)Nc2ccc(SC(F)F)cc2)cc1. The number of nitrogens with one attached hydrogen (secondary N) is 1. The Morgan fingerprint density at radius 3 is 2.21 bits per heavy atom. The molecule has 1 N–H and O–H groups in total. The van der Waals surface area contributed by atoms with E-state index >= 15 is 0 Å². The molecule has 0 radical (unpaired) electrons. The number of esters is 1. The molecule has 0 heterocycles. The lowest BCUT2D eigenvalue weighted by molar-refractivity contribution is -0.149. The van der Waals surface area contributed by atoms with Gasteiger partial charge < -0.3 is 14.8 Å². The molecule has 0 unspecified atom stereocenters. The van der Waals surface area contributed by atoms with Crippen LogP contribution in [0.5, 0.6) is 5.75 Å². The molecule has 28 heavy (non-hydrogen) atoms. The van der Waals surface area contributed by atoms with Crippen molar-refractivity contribution in [2.75, 3.05) is 18.5 Å². The van der Waals surface area contributed by atoms with Crippen LogP contribution in [0, 0.1) is 0 Å². The van der Waals surface area contributed by atoms with Crippen LogP contribution in [0.4, 0.5) is 14.5 Å². The van der Waals surface area contributed by atoms with E-state index in [9.17, 15) is 23.2 Å². The number of carbonyl (C=O) groups excluding carboxylic acids is 3. The second kappa shape index (κ2) is 10.4. The number of ketones is 1. The standard InChI is InChI=1S/C19H17F2NO5S/c1-12(23)13-2-6-15(7-3-13)26-11-18(25)27-10-17(24)22-14-4-8-16(9-5-14)28-19(20)21/h2-9,19H,10-11H2,1H3,(H,22,24). The van der Waals surface area contributed by atoms with E-state index in [0.717, 1.165) is 0 Å². The molecule has 0 saturated heterocycles. The van der Waals surface area contributed by atoms with Crippen molar-refractivity contribution in [3.63, 3.8) is 0 Å². The van der Waals surface area contributed by atoms with Crippen molar-refractivity contribution < 1.29 is 32.6 Å². The van der Waals surface area contributed by atoms with Crippen molar-refractivity contribution in [3.8, 4) is 5.75 Å². The van der Waals surface area contributed by atoms with Crippen LogP contribution < -0.4 is 10.1 Å². The van der Waals surface area contributed by atoms with E-state index in [1.807, 2.05) is 0 Å².